The van der Waals surface area contributed by atoms with Crippen LogP contribution in [0, 0.1) is 0 Å². The normalized spacial score (nSPS) is 15.0. The zero-order chi connectivity index (χ0) is 16.1. The maximum absolute atomic E-state index is 12.9. The number of tetrazole rings is 1. The second-order valence-electron chi connectivity index (χ2n) is 5.73. The highest BCUT2D eigenvalue weighted by Crippen LogP contribution is 2.25. The first kappa shape index (κ1) is 15.6. The molecular formula is C16H21N5O2. The standard InChI is InChI=1S/C16H21N5O2/c1-23-11-10-20(14-4-2-3-5-14)16(22)13-6-8-15(9-7-13)21-12-17-18-19-21/h6-9,12,14H,2-5,10-11H2,1H3. The van der Waals surface area contributed by atoms with Crippen molar-refractivity contribution < 1.29 is 9.53 Å². The lowest BCUT2D eigenvalue weighted by molar-refractivity contribution is 0.0606. The minimum atomic E-state index is 0.0669. The molecule has 2 aromatic rings. The first-order valence-corrected chi connectivity index (χ1v) is 7.93. The van der Waals surface area contributed by atoms with Gasteiger partial charge in [-0.2, -0.15) is 0 Å². The Balaban J connectivity index is 1.76. The number of nitrogens with zero attached hydrogens (tertiary/aromatic N) is 5. The number of hydrogen-bond donors (Lipinski definition) is 0. The van der Waals surface area contributed by atoms with Crippen LogP contribution in [0.25, 0.3) is 5.69 Å². The minimum Gasteiger partial charge on any atom is -0.383 e. The highest BCUT2D eigenvalue weighted by molar-refractivity contribution is 5.94. The molecule has 3 rings (SSSR count). The first-order valence-electron chi connectivity index (χ1n) is 7.93. The molecule has 0 bridgehead atoms. The van der Waals surface area contributed by atoms with Gasteiger partial charge in [0.15, 0.2) is 0 Å². The molecule has 7 nitrogen and oxygen atoms in total. The predicted molar refractivity (Wildman–Crippen MR) is 84.3 cm³/mol. The van der Waals surface area contributed by atoms with Gasteiger partial charge in [0.25, 0.3) is 5.91 Å². The van der Waals surface area contributed by atoms with E-state index in [0.29, 0.717) is 24.8 Å². The van der Waals surface area contributed by atoms with Crippen LogP contribution in [0.4, 0.5) is 0 Å². The van der Waals surface area contributed by atoms with Crippen LogP contribution in [-0.2, 0) is 4.74 Å². The lowest BCUT2D eigenvalue weighted by Gasteiger charge is -2.29. The highest BCUT2D eigenvalue weighted by atomic mass is 16.5. The number of aromatic nitrogens is 4. The minimum absolute atomic E-state index is 0.0669. The Morgan fingerprint density at radius 1 is 1.30 bits per heavy atom. The molecule has 1 aliphatic rings. The molecular weight excluding hydrogens is 294 g/mol. The maximum Gasteiger partial charge on any atom is 0.254 e. The third kappa shape index (κ3) is 3.56. The summed E-state index contributed by atoms with van der Waals surface area (Å²) in [5.41, 5.74) is 1.51. The van der Waals surface area contributed by atoms with E-state index in [0.717, 1.165) is 18.5 Å². The summed E-state index contributed by atoms with van der Waals surface area (Å²) in [6.07, 6.45) is 6.08. The van der Waals surface area contributed by atoms with Crippen molar-refractivity contribution in [2.75, 3.05) is 20.3 Å². The molecule has 0 saturated heterocycles. The molecule has 1 heterocycles. The van der Waals surface area contributed by atoms with Gasteiger partial charge in [0.05, 0.1) is 12.3 Å². The quantitative estimate of drug-likeness (QED) is 0.811. The number of carbonyl (C=O) groups excluding carboxylic acids is 1. The summed E-state index contributed by atoms with van der Waals surface area (Å²) in [5.74, 6) is 0.0669. The SMILES string of the molecule is COCCN(C(=O)c1ccc(-n2cnnn2)cc1)C1CCCC1. The van der Waals surface area contributed by atoms with Crippen LogP contribution in [0.2, 0.25) is 0 Å². The van der Waals surface area contributed by atoms with E-state index in [-0.39, 0.29) is 5.91 Å². The molecule has 0 radical (unpaired) electrons. The Labute approximate surface area is 135 Å². The third-order valence-corrected chi connectivity index (χ3v) is 4.29. The van der Waals surface area contributed by atoms with Gasteiger partial charge in [-0.1, -0.05) is 12.8 Å². The molecule has 0 atom stereocenters. The lowest BCUT2D eigenvalue weighted by Crippen LogP contribution is -2.41. The average Bonchev–Trinajstić information content (AvgIpc) is 3.29. The van der Waals surface area contributed by atoms with E-state index in [1.807, 2.05) is 29.2 Å². The van der Waals surface area contributed by atoms with Crippen LogP contribution in [-0.4, -0.2) is 57.3 Å². The van der Waals surface area contributed by atoms with Crippen molar-refractivity contribution in [2.45, 2.75) is 31.7 Å². The van der Waals surface area contributed by atoms with Crippen LogP contribution >= 0.6 is 0 Å². The molecule has 1 saturated carbocycles. The molecule has 0 spiro atoms. The predicted octanol–water partition coefficient (Wildman–Crippen LogP) is 1.69. The summed E-state index contributed by atoms with van der Waals surface area (Å²) in [6.45, 7) is 1.19. The average molecular weight is 315 g/mol. The zero-order valence-electron chi connectivity index (χ0n) is 13.3. The molecule has 23 heavy (non-hydrogen) atoms. The Morgan fingerprint density at radius 2 is 2.04 bits per heavy atom. The summed E-state index contributed by atoms with van der Waals surface area (Å²) >= 11 is 0. The van der Waals surface area contributed by atoms with Gasteiger partial charge < -0.3 is 9.64 Å². The van der Waals surface area contributed by atoms with Crippen LogP contribution in [0.1, 0.15) is 36.0 Å². The molecule has 7 heteroatoms. The molecule has 0 unspecified atom stereocenters. The number of methoxy groups -OCH3 is 1. The van der Waals surface area contributed by atoms with Gasteiger partial charge in [-0.3, -0.25) is 4.79 Å². The molecule has 1 aromatic carbocycles. The molecule has 1 amide bonds. The van der Waals surface area contributed by atoms with Crippen LogP contribution in [0.15, 0.2) is 30.6 Å². The summed E-state index contributed by atoms with van der Waals surface area (Å²) < 4.78 is 6.73. The van der Waals surface area contributed by atoms with Crippen LogP contribution < -0.4 is 0 Å². The zero-order valence-corrected chi connectivity index (χ0v) is 13.3. The number of carbonyl (C=O) groups is 1. The molecule has 1 fully saturated rings. The van der Waals surface area contributed by atoms with Crippen molar-refractivity contribution in [3.63, 3.8) is 0 Å². The van der Waals surface area contributed by atoms with Crippen molar-refractivity contribution >= 4 is 5.91 Å². The summed E-state index contributed by atoms with van der Waals surface area (Å²) in [5, 5.41) is 11.1. The number of ether oxygens (including phenoxy) is 1. The Morgan fingerprint density at radius 3 is 2.65 bits per heavy atom. The molecule has 1 aliphatic carbocycles. The molecule has 122 valence electrons. The van der Waals surface area contributed by atoms with E-state index >= 15 is 0 Å². The lowest BCUT2D eigenvalue weighted by atomic mass is 10.1. The van der Waals surface area contributed by atoms with Crippen molar-refractivity contribution in [2.24, 2.45) is 0 Å². The van der Waals surface area contributed by atoms with E-state index in [1.54, 1.807) is 11.8 Å². The van der Waals surface area contributed by atoms with E-state index in [1.165, 1.54) is 19.2 Å². The Hall–Kier alpha value is -2.28. The van der Waals surface area contributed by atoms with Gasteiger partial charge in [0, 0.05) is 25.3 Å². The van der Waals surface area contributed by atoms with Crippen LogP contribution in [0.5, 0.6) is 0 Å². The fourth-order valence-corrected chi connectivity index (χ4v) is 3.06. The van der Waals surface area contributed by atoms with Gasteiger partial charge >= 0.3 is 0 Å². The summed E-state index contributed by atoms with van der Waals surface area (Å²) in [7, 11) is 1.66. The fraction of sp³-hybridized carbons (Fsp3) is 0.500. The number of benzene rings is 1. The van der Waals surface area contributed by atoms with Gasteiger partial charge in [0.1, 0.15) is 6.33 Å². The smallest absolute Gasteiger partial charge is 0.254 e. The van der Waals surface area contributed by atoms with Gasteiger partial charge in [-0.05, 0) is 47.5 Å². The number of rotatable bonds is 6. The monoisotopic (exact) mass is 315 g/mol. The van der Waals surface area contributed by atoms with Crippen molar-refractivity contribution in [3.05, 3.63) is 36.2 Å². The Kier molecular flexibility index (Phi) is 4.97. The summed E-state index contributed by atoms with van der Waals surface area (Å²) in [4.78, 5) is 14.8. The van der Waals surface area contributed by atoms with Gasteiger partial charge in [-0.15, -0.1) is 5.10 Å². The molecule has 1 aromatic heterocycles. The first-order chi connectivity index (χ1) is 11.3. The molecule has 0 N–H and O–H groups in total. The highest BCUT2D eigenvalue weighted by Gasteiger charge is 2.27. The van der Waals surface area contributed by atoms with E-state index in [4.69, 9.17) is 4.74 Å². The molecule has 0 aliphatic heterocycles. The van der Waals surface area contributed by atoms with E-state index < -0.39 is 0 Å². The number of amides is 1. The van der Waals surface area contributed by atoms with Crippen molar-refractivity contribution in [1.82, 2.24) is 25.1 Å². The fourth-order valence-electron chi connectivity index (χ4n) is 3.06. The largest absolute Gasteiger partial charge is 0.383 e. The van der Waals surface area contributed by atoms with Gasteiger partial charge in [0.2, 0.25) is 0 Å². The summed E-state index contributed by atoms with van der Waals surface area (Å²) in [6, 6.07) is 7.69. The van der Waals surface area contributed by atoms with Crippen LogP contribution in [0.3, 0.4) is 0 Å². The maximum atomic E-state index is 12.9. The third-order valence-electron chi connectivity index (χ3n) is 4.29. The topological polar surface area (TPSA) is 73.1 Å². The van der Waals surface area contributed by atoms with Crippen molar-refractivity contribution in [1.29, 1.82) is 0 Å². The van der Waals surface area contributed by atoms with E-state index in [9.17, 15) is 4.79 Å². The Bertz CT molecular complexity index is 620. The van der Waals surface area contributed by atoms with E-state index in [2.05, 4.69) is 15.5 Å². The second kappa shape index (κ2) is 7.32. The number of hydrogen-bond acceptors (Lipinski definition) is 5. The van der Waals surface area contributed by atoms with Gasteiger partial charge in [-0.25, -0.2) is 4.68 Å². The van der Waals surface area contributed by atoms with Crippen molar-refractivity contribution in [3.8, 4) is 5.69 Å². The second-order valence-corrected chi connectivity index (χ2v) is 5.73.